The molecule has 0 bridgehead atoms. The molecule has 1 aromatic carbocycles. The maximum atomic E-state index is 6.12. The highest BCUT2D eigenvalue weighted by Crippen LogP contribution is 2.27. The largest absolute Gasteiger partial charge is 0.366 e. The monoisotopic (exact) mass is 299 g/mol. The number of aromatic nitrogens is 2. The third-order valence-corrected chi connectivity index (χ3v) is 3.68. The van der Waals surface area contributed by atoms with Gasteiger partial charge in [0.2, 0.25) is 0 Å². The molecule has 1 N–H and O–H groups in total. The minimum Gasteiger partial charge on any atom is -0.366 e. The van der Waals surface area contributed by atoms with Crippen molar-refractivity contribution in [3.8, 4) is 0 Å². The first kappa shape index (κ1) is 14.0. The van der Waals surface area contributed by atoms with Crippen molar-refractivity contribution in [2.45, 2.75) is 26.3 Å². The van der Waals surface area contributed by atoms with Crippen LogP contribution in [0.1, 0.15) is 31.0 Å². The summed E-state index contributed by atoms with van der Waals surface area (Å²) < 4.78 is 2.03. The predicted octanol–water partition coefficient (Wildman–Crippen LogP) is 4.72. The first-order valence-electron chi connectivity index (χ1n) is 7.10. The van der Waals surface area contributed by atoms with Gasteiger partial charge in [0.05, 0.1) is 10.7 Å². The zero-order valence-corrected chi connectivity index (χ0v) is 12.9. The molecular weight excluding hydrogens is 282 g/mol. The van der Waals surface area contributed by atoms with Crippen LogP contribution in [0.15, 0.2) is 48.7 Å². The van der Waals surface area contributed by atoms with Crippen LogP contribution in [0.25, 0.3) is 5.65 Å². The fourth-order valence-electron chi connectivity index (χ4n) is 2.40. The summed E-state index contributed by atoms with van der Waals surface area (Å²) >= 11 is 6.12. The van der Waals surface area contributed by atoms with Gasteiger partial charge in [-0.3, -0.25) is 4.40 Å². The van der Waals surface area contributed by atoms with Crippen LogP contribution < -0.4 is 5.32 Å². The van der Waals surface area contributed by atoms with E-state index in [2.05, 4.69) is 31.3 Å². The molecule has 2 aromatic heterocycles. The molecule has 0 aliphatic carbocycles. The van der Waals surface area contributed by atoms with Gasteiger partial charge in [-0.2, -0.15) is 0 Å². The second-order valence-electron chi connectivity index (χ2n) is 5.42. The molecule has 3 nitrogen and oxygen atoms in total. The number of pyridine rings is 1. The van der Waals surface area contributed by atoms with Crippen LogP contribution in [0, 0.1) is 0 Å². The summed E-state index contributed by atoms with van der Waals surface area (Å²) in [5, 5.41) is 4.21. The Kier molecular flexibility index (Phi) is 3.84. The summed E-state index contributed by atoms with van der Waals surface area (Å²) in [5.41, 5.74) is 3.22. The fraction of sp³-hybridized carbons (Fsp3) is 0.235. The molecule has 2 heterocycles. The van der Waals surface area contributed by atoms with Crippen molar-refractivity contribution in [1.82, 2.24) is 9.38 Å². The van der Waals surface area contributed by atoms with Gasteiger partial charge in [0.15, 0.2) is 0 Å². The molecule has 0 fully saturated rings. The molecule has 0 spiro atoms. The summed E-state index contributed by atoms with van der Waals surface area (Å²) in [7, 11) is 0. The number of hydrogen-bond acceptors (Lipinski definition) is 2. The van der Waals surface area contributed by atoms with Crippen molar-refractivity contribution < 1.29 is 0 Å². The standard InChI is InChI=1S/C17H18ClN3/c1-12(2)16-17(19-10-13-6-4-3-5-7-13)21-11-14(18)8-9-15(21)20-16/h3-9,11-12,19H,10H2,1-2H3. The number of rotatable bonds is 4. The van der Waals surface area contributed by atoms with E-state index in [1.807, 2.05) is 40.9 Å². The lowest BCUT2D eigenvalue weighted by molar-refractivity contribution is 0.833. The molecule has 0 radical (unpaired) electrons. The van der Waals surface area contributed by atoms with Gasteiger partial charge in [0, 0.05) is 12.7 Å². The highest BCUT2D eigenvalue weighted by Gasteiger charge is 2.15. The smallest absolute Gasteiger partial charge is 0.138 e. The van der Waals surface area contributed by atoms with Crippen LogP contribution in [0.4, 0.5) is 5.82 Å². The van der Waals surface area contributed by atoms with Gasteiger partial charge in [0.25, 0.3) is 0 Å². The molecule has 21 heavy (non-hydrogen) atoms. The van der Waals surface area contributed by atoms with Gasteiger partial charge in [-0.25, -0.2) is 4.98 Å². The summed E-state index contributed by atoms with van der Waals surface area (Å²) in [6.45, 7) is 5.06. The van der Waals surface area contributed by atoms with E-state index in [4.69, 9.17) is 16.6 Å². The zero-order chi connectivity index (χ0) is 14.8. The molecule has 3 rings (SSSR count). The molecule has 0 aliphatic rings. The molecular formula is C17H18ClN3. The van der Waals surface area contributed by atoms with Gasteiger partial charge in [0.1, 0.15) is 11.5 Å². The topological polar surface area (TPSA) is 29.3 Å². The van der Waals surface area contributed by atoms with E-state index in [-0.39, 0.29) is 0 Å². The maximum Gasteiger partial charge on any atom is 0.138 e. The average molecular weight is 300 g/mol. The Labute approximate surface area is 129 Å². The zero-order valence-electron chi connectivity index (χ0n) is 12.2. The van der Waals surface area contributed by atoms with Gasteiger partial charge < -0.3 is 5.32 Å². The summed E-state index contributed by atoms with van der Waals surface area (Å²) in [6.07, 6.45) is 1.91. The second-order valence-corrected chi connectivity index (χ2v) is 5.85. The lowest BCUT2D eigenvalue weighted by Crippen LogP contribution is -2.05. The van der Waals surface area contributed by atoms with E-state index >= 15 is 0 Å². The molecule has 0 atom stereocenters. The Balaban J connectivity index is 1.98. The van der Waals surface area contributed by atoms with E-state index < -0.39 is 0 Å². The Hall–Kier alpha value is -2.00. The Morgan fingerprint density at radius 1 is 1.14 bits per heavy atom. The number of benzene rings is 1. The number of fused-ring (bicyclic) bond motifs is 1. The third-order valence-electron chi connectivity index (χ3n) is 3.46. The minimum atomic E-state index is 0.349. The van der Waals surface area contributed by atoms with Crippen molar-refractivity contribution in [3.63, 3.8) is 0 Å². The SMILES string of the molecule is CC(C)c1nc2ccc(Cl)cn2c1NCc1ccccc1. The average Bonchev–Trinajstić information content (AvgIpc) is 2.84. The molecule has 3 aromatic rings. The van der Waals surface area contributed by atoms with Gasteiger partial charge in [-0.1, -0.05) is 55.8 Å². The number of anilines is 1. The maximum absolute atomic E-state index is 6.12. The first-order chi connectivity index (χ1) is 10.1. The molecule has 4 heteroatoms. The van der Waals surface area contributed by atoms with Crippen molar-refractivity contribution >= 4 is 23.1 Å². The third kappa shape index (κ3) is 2.88. The van der Waals surface area contributed by atoms with E-state index in [9.17, 15) is 0 Å². The number of imidazole rings is 1. The van der Waals surface area contributed by atoms with Crippen LogP contribution in [0.5, 0.6) is 0 Å². The number of nitrogens with zero attached hydrogens (tertiary/aromatic N) is 2. The van der Waals surface area contributed by atoms with Gasteiger partial charge in [-0.15, -0.1) is 0 Å². The van der Waals surface area contributed by atoms with Crippen LogP contribution >= 0.6 is 11.6 Å². The van der Waals surface area contributed by atoms with Crippen LogP contribution in [0.2, 0.25) is 5.02 Å². The highest BCUT2D eigenvalue weighted by molar-refractivity contribution is 6.30. The Morgan fingerprint density at radius 2 is 1.90 bits per heavy atom. The number of hydrogen-bond donors (Lipinski definition) is 1. The van der Waals surface area contributed by atoms with Crippen LogP contribution in [0.3, 0.4) is 0 Å². The molecule has 0 amide bonds. The Morgan fingerprint density at radius 3 is 2.62 bits per heavy atom. The van der Waals surface area contributed by atoms with Crippen molar-refractivity contribution in [2.24, 2.45) is 0 Å². The van der Waals surface area contributed by atoms with E-state index in [0.29, 0.717) is 10.9 Å². The van der Waals surface area contributed by atoms with Crippen molar-refractivity contribution in [1.29, 1.82) is 0 Å². The molecule has 0 saturated carbocycles. The van der Waals surface area contributed by atoms with Crippen LogP contribution in [-0.2, 0) is 6.54 Å². The molecule has 0 saturated heterocycles. The lowest BCUT2D eigenvalue weighted by atomic mass is 10.1. The normalized spacial score (nSPS) is 11.2. The quantitative estimate of drug-likeness (QED) is 0.755. The van der Waals surface area contributed by atoms with Gasteiger partial charge >= 0.3 is 0 Å². The molecule has 0 unspecified atom stereocenters. The summed E-state index contributed by atoms with van der Waals surface area (Å²) in [4.78, 5) is 4.71. The minimum absolute atomic E-state index is 0.349. The van der Waals surface area contributed by atoms with Crippen LogP contribution in [-0.4, -0.2) is 9.38 Å². The fourth-order valence-corrected chi connectivity index (χ4v) is 2.56. The lowest BCUT2D eigenvalue weighted by Gasteiger charge is -2.10. The van der Waals surface area contributed by atoms with E-state index in [0.717, 1.165) is 23.7 Å². The van der Waals surface area contributed by atoms with E-state index in [1.54, 1.807) is 0 Å². The molecule has 108 valence electrons. The second kappa shape index (κ2) is 5.78. The predicted molar refractivity (Wildman–Crippen MR) is 88.1 cm³/mol. The van der Waals surface area contributed by atoms with Crippen molar-refractivity contribution in [3.05, 3.63) is 64.9 Å². The highest BCUT2D eigenvalue weighted by atomic mass is 35.5. The number of nitrogens with one attached hydrogen (secondary N) is 1. The van der Waals surface area contributed by atoms with E-state index in [1.165, 1.54) is 5.56 Å². The van der Waals surface area contributed by atoms with Gasteiger partial charge in [-0.05, 0) is 23.6 Å². The Bertz CT molecular complexity index is 747. The van der Waals surface area contributed by atoms with Crippen molar-refractivity contribution in [2.75, 3.05) is 5.32 Å². The number of halogens is 1. The summed E-state index contributed by atoms with van der Waals surface area (Å²) in [6, 6.07) is 14.2. The first-order valence-corrected chi connectivity index (χ1v) is 7.48. The summed E-state index contributed by atoms with van der Waals surface area (Å²) in [5.74, 6) is 1.37. The molecule has 0 aliphatic heterocycles.